The molecule has 0 saturated carbocycles. The highest BCUT2D eigenvalue weighted by Gasteiger charge is 2.37. The summed E-state index contributed by atoms with van der Waals surface area (Å²) in [5, 5.41) is 0. The Bertz CT molecular complexity index is 962. The molecule has 9 heteroatoms. The fourth-order valence-corrected chi connectivity index (χ4v) is 4.71. The van der Waals surface area contributed by atoms with Crippen LogP contribution in [0.3, 0.4) is 0 Å². The first-order valence-corrected chi connectivity index (χ1v) is 9.44. The van der Waals surface area contributed by atoms with Crippen LogP contribution in [0, 0.1) is 0 Å². The van der Waals surface area contributed by atoms with E-state index in [1.165, 1.54) is 4.31 Å². The topological polar surface area (TPSA) is 112 Å². The van der Waals surface area contributed by atoms with E-state index in [1.807, 2.05) is 24.0 Å². The summed E-state index contributed by atoms with van der Waals surface area (Å²) in [5.41, 5.74) is -0.820. The van der Waals surface area contributed by atoms with Crippen molar-refractivity contribution in [3.8, 4) is 5.75 Å². The summed E-state index contributed by atoms with van der Waals surface area (Å²) in [4.78, 5) is 26.8. The van der Waals surface area contributed by atoms with Crippen molar-refractivity contribution in [2.45, 2.75) is 30.7 Å². The molecule has 1 aromatic carbocycles. The van der Waals surface area contributed by atoms with Crippen molar-refractivity contribution in [1.82, 2.24) is 14.3 Å². The van der Waals surface area contributed by atoms with Crippen LogP contribution in [0.25, 0.3) is 0 Å². The van der Waals surface area contributed by atoms with Gasteiger partial charge in [0.25, 0.3) is 15.6 Å². The number of rotatable bonds is 5. The molecular weight excluding hydrogens is 346 g/mol. The van der Waals surface area contributed by atoms with Crippen molar-refractivity contribution in [2.24, 2.45) is 0 Å². The fraction of sp³-hybridized carbons (Fsp3) is 0.375. The van der Waals surface area contributed by atoms with Gasteiger partial charge in [-0.05, 0) is 37.5 Å². The third kappa shape index (κ3) is 3.38. The van der Waals surface area contributed by atoms with Crippen LogP contribution in [0.2, 0.25) is 0 Å². The first kappa shape index (κ1) is 17.4. The normalized spacial score (nSPS) is 18.4. The molecule has 2 N–H and O–H groups in total. The van der Waals surface area contributed by atoms with Gasteiger partial charge in [0.1, 0.15) is 5.75 Å². The predicted molar refractivity (Wildman–Crippen MR) is 91.2 cm³/mol. The third-order valence-corrected chi connectivity index (χ3v) is 6.06. The van der Waals surface area contributed by atoms with Crippen molar-refractivity contribution in [2.75, 3.05) is 13.2 Å². The Kier molecular flexibility index (Phi) is 4.78. The van der Waals surface area contributed by atoms with Gasteiger partial charge in [-0.15, -0.1) is 0 Å². The minimum Gasteiger partial charge on any atom is -0.494 e. The lowest BCUT2D eigenvalue weighted by molar-refractivity contribution is 0.339. The third-order valence-electron chi connectivity index (χ3n) is 4.15. The Morgan fingerprint density at radius 1 is 1.24 bits per heavy atom. The van der Waals surface area contributed by atoms with E-state index in [4.69, 9.17) is 4.74 Å². The minimum atomic E-state index is -4.02. The monoisotopic (exact) mass is 365 g/mol. The van der Waals surface area contributed by atoms with Crippen LogP contribution in [0.5, 0.6) is 5.75 Å². The highest BCUT2D eigenvalue weighted by molar-refractivity contribution is 7.89. The molecule has 0 radical (unpaired) electrons. The molecule has 1 aliphatic rings. The Balaban J connectivity index is 1.95. The van der Waals surface area contributed by atoms with E-state index >= 15 is 0 Å². The number of benzene rings is 1. The summed E-state index contributed by atoms with van der Waals surface area (Å²) in [6.07, 6.45) is 2.30. The lowest BCUT2D eigenvalue weighted by Gasteiger charge is -2.24. The van der Waals surface area contributed by atoms with Gasteiger partial charge in [-0.1, -0.05) is 12.1 Å². The lowest BCUT2D eigenvalue weighted by Crippen LogP contribution is -2.36. The summed E-state index contributed by atoms with van der Waals surface area (Å²) in [7, 11) is -4.02. The van der Waals surface area contributed by atoms with Crippen molar-refractivity contribution in [3.05, 3.63) is 56.9 Å². The van der Waals surface area contributed by atoms with E-state index < -0.39 is 26.2 Å². The summed E-state index contributed by atoms with van der Waals surface area (Å²) >= 11 is 0. The van der Waals surface area contributed by atoms with E-state index in [1.54, 1.807) is 12.1 Å². The van der Waals surface area contributed by atoms with Crippen LogP contribution in [0.4, 0.5) is 0 Å². The zero-order valence-corrected chi connectivity index (χ0v) is 14.5. The van der Waals surface area contributed by atoms with Gasteiger partial charge in [0.15, 0.2) is 4.90 Å². The van der Waals surface area contributed by atoms with Crippen LogP contribution in [0.15, 0.2) is 44.9 Å². The molecule has 1 aliphatic heterocycles. The molecule has 134 valence electrons. The van der Waals surface area contributed by atoms with E-state index in [0.29, 0.717) is 26.0 Å². The summed E-state index contributed by atoms with van der Waals surface area (Å²) < 4.78 is 32.5. The molecule has 0 aliphatic carbocycles. The molecule has 1 fully saturated rings. The standard InChI is InChI=1S/C16H19N3O5S/c1-2-24-12-7-5-11(6-8-12)13-4-3-9-19(13)25(22,23)14-10-17-16(21)18-15(14)20/h5-8,10,13H,2-4,9H2,1H3,(H2,17,18,20,21)/t13-/m0/s1. The maximum absolute atomic E-state index is 12.9. The maximum atomic E-state index is 12.9. The van der Waals surface area contributed by atoms with Gasteiger partial charge in [-0.25, -0.2) is 13.2 Å². The minimum absolute atomic E-state index is 0.318. The smallest absolute Gasteiger partial charge is 0.325 e. The van der Waals surface area contributed by atoms with Gasteiger partial charge in [0.05, 0.1) is 12.6 Å². The second-order valence-corrected chi connectivity index (χ2v) is 7.57. The number of nitrogens with zero attached hydrogens (tertiary/aromatic N) is 1. The number of H-pyrrole nitrogens is 2. The predicted octanol–water partition coefficient (Wildman–Crippen LogP) is 0.988. The molecule has 0 spiro atoms. The number of nitrogens with one attached hydrogen (secondary N) is 2. The Morgan fingerprint density at radius 3 is 2.60 bits per heavy atom. The number of hydrogen-bond donors (Lipinski definition) is 2. The molecule has 3 rings (SSSR count). The van der Waals surface area contributed by atoms with E-state index in [-0.39, 0.29) is 6.04 Å². The van der Waals surface area contributed by atoms with Crippen LogP contribution in [-0.2, 0) is 10.0 Å². The summed E-state index contributed by atoms with van der Waals surface area (Å²) in [6.45, 7) is 2.76. The highest BCUT2D eigenvalue weighted by Crippen LogP contribution is 2.36. The average molecular weight is 365 g/mol. The first-order chi connectivity index (χ1) is 11.9. The lowest BCUT2D eigenvalue weighted by atomic mass is 10.1. The Morgan fingerprint density at radius 2 is 1.96 bits per heavy atom. The number of aromatic nitrogens is 2. The second-order valence-electron chi connectivity index (χ2n) is 5.71. The summed E-state index contributed by atoms with van der Waals surface area (Å²) in [5.74, 6) is 0.718. The van der Waals surface area contributed by atoms with Crippen molar-refractivity contribution in [1.29, 1.82) is 0 Å². The molecule has 0 bridgehead atoms. The van der Waals surface area contributed by atoms with Crippen molar-refractivity contribution in [3.63, 3.8) is 0 Å². The zero-order chi connectivity index (χ0) is 18.0. The van der Waals surface area contributed by atoms with Gasteiger partial charge in [-0.3, -0.25) is 9.78 Å². The molecule has 25 heavy (non-hydrogen) atoms. The molecule has 2 heterocycles. The van der Waals surface area contributed by atoms with Gasteiger partial charge in [0, 0.05) is 12.7 Å². The van der Waals surface area contributed by atoms with E-state index in [9.17, 15) is 18.0 Å². The van der Waals surface area contributed by atoms with Crippen LogP contribution in [-0.4, -0.2) is 35.8 Å². The van der Waals surface area contributed by atoms with Crippen molar-refractivity contribution >= 4 is 10.0 Å². The number of hydrogen-bond acceptors (Lipinski definition) is 5. The molecule has 0 unspecified atom stereocenters. The molecule has 0 amide bonds. The zero-order valence-electron chi connectivity index (χ0n) is 13.7. The Hall–Kier alpha value is -2.39. The number of sulfonamides is 1. The van der Waals surface area contributed by atoms with Gasteiger partial charge in [-0.2, -0.15) is 4.31 Å². The molecular formula is C16H19N3O5S. The Labute approximate surface area is 144 Å². The molecule has 2 aromatic rings. The fourth-order valence-electron chi connectivity index (χ4n) is 3.03. The van der Waals surface area contributed by atoms with E-state index in [0.717, 1.165) is 17.5 Å². The number of aromatic amines is 2. The largest absolute Gasteiger partial charge is 0.494 e. The van der Waals surface area contributed by atoms with Crippen LogP contribution in [0.1, 0.15) is 31.4 Å². The molecule has 1 aromatic heterocycles. The molecule has 1 atom stereocenters. The molecule has 8 nitrogen and oxygen atoms in total. The highest BCUT2D eigenvalue weighted by atomic mass is 32.2. The summed E-state index contributed by atoms with van der Waals surface area (Å²) in [6, 6.07) is 6.91. The van der Waals surface area contributed by atoms with Gasteiger partial charge in [0.2, 0.25) is 0 Å². The number of ether oxygens (including phenoxy) is 1. The molecule has 1 saturated heterocycles. The van der Waals surface area contributed by atoms with Crippen molar-refractivity contribution < 1.29 is 13.2 Å². The quantitative estimate of drug-likeness (QED) is 0.820. The average Bonchev–Trinajstić information content (AvgIpc) is 3.06. The second kappa shape index (κ2) is 6.85. The van der Waals surface area contributed by atoms with Gasteiger partial charge < -0.3 is 9.72 Å². The maximum Gasteiger partial charge on any atom is 0.325 e. The van der Waals surface area contributed by atoms with Crippen LogP contribution >= 0.6 is 0 Å². The van der Waals surface area contributed by atoms with E-state index in [2.05, 4.69) is 4.98 Å². The SMILES string of the molecule is CCOc1ccc([C@@H]2CCCN2S(=O)(=O)c2c[nH]c(=O)[nH]c2=O)cc1. The first-order valence-electron chi connectivity index (χ1n) is 8.00. The van der Waals surface area contributed by atoms with Crippen LogP contribution < -0.4 is 16.0 Å². The van der Waals surface area contributed by atoms with Gasteiger partial charge >= 0.3 is 5.69 Å².